The van der Waals surface area contributed by atoms with Crippen molar-refractivity contribution in [3.8, 4) is 5.75 Å². The summed E-state index contributed by atoms with van der Waals surface area (Å²) in [7, 11) is -2.71. The SMILES string of the molecule is COc1cc(N)ccc1N=Nc1ccc(S(=O)(=O)O)cc1. The van der Waals surface area contributed by atoms with Gasteiger partial charge >= 0.3 is 0 Å². The molecule has 110 valence electrons. The average Bonchev–Trinajstić information content (AvgIpc) is 2.45. The van der Waals surface area contributed by atoms with Crippen LogP contribution in [0, 0.1) is 0 Å². The van der Waals surface area contributed by atoms with Crippen LogP contribution in [-0.2, 0) is 10.1 Å². The van der Waals surface area contributed by atoms with Crippen LogP contribution in [0.5, 0.6) is 5.75 Å². The van der Waals surface area contributed by atoms with E-state index < -0.39 is 10.1 Å². The Bertz CT molecular complexity index is 771. The van der Waals surface area contributed by atoms with Crippen LogP contribution in [0.4, 0.5) is 17.1 Å². The van der Waals surface area contributed by atoms with E-state index in [0.29, 0.717) is 22.8 Å². The maximum absolute atomic E-state index is 10.9. The quantitative estimate of drug-likeness (QED) is 0.512. The normalized spacial score (nSPS) is 11.7. The number of rotatable bonds is 4. The third kappa shape index (κ3) is 3.77. The lowest BCUT2D eigenvalue weighted by atomic mass is 10.2. The van der Waals surface area contributed by atoms with E-state index >= 15 is 0 Å². The van der Waals surface area contributed by atoms with Crippen LogP contribution >= 0.6 is 0 Å². The fraction of sp³-hybridized carbons (Fsp3) is 0.0769. The molecule has 0 aliphatic heterocycles. The van der Waals surface area contributed by atoms with Gasteiger partial charge in [0.15, 0.2) is 0 Å². The highest BCUT2D eigenvalue weighted by Gasteiger charge is 2.08. The number of anilines is 1. The lowest BCUT2D eigenvalue weighted by Gasteiger charge is -2.04. The zero-order valence-corrected chi connectivity index (χ0v) is 11.9. The van der Waals surface area contributed by atoms with E-state index in [1.165, 1.54) is 31.4 Å². The molecule has 0 aliphatic rings. The fourth-order valence-corrected chi connectivity index (χ4v) is 2.05. The Morgan fingerprint density at radius 2 is 1.76 bits per heavy atom. The van der Waals surface area contributed by atoms with E-state index in [2.05, 4.69) is 10.2 Å². The minimum absolute atomic E-state index is 0.202. The van der Waals surface area contributed by atoms with Gasteiger partial charge in [0.2, 0.25) is 0 Å². The standard InChI is InChI=1S/C13H13N3O4S/c1-20-13-8-9(14)2-7-12(13)16-15-10-3-5-11(6-4-10)21(17,18)19/h2-8H,14H2,1H3,(H,17,18,19). The maximum Gasteiger partial charge on any atom is 0.294 e. The molecule has 3 N–H and O–H groups in total. The van der Waals surface area contributed by atoms with E-state index in [9.17, 15) is 8.42 Å². The zero-order valence-electron chi connectivity index (χ0n) is 11.1. The third-order valence-electron chi connectivity index (χ3n) is 2.61. The zero-order chi connectivity index (χ0) is 15.5. The van der Waals surface area contributed by atoms with Gasteiger partial charge in [0.25, 0.3) is 10.1 Å². The first-order valence-corrected chi connectivity index (χ1v) is 7.27. The topological polar surface area (TPSA) is 114 Å². The Morgan fingerprint density at radius 1 is 1.10 bits per heavy atom. The number of benzene rings is 2. The van der Waals surface area contributed by atoms with Crippen LogP contribution in [0.2, 0.25) is 0 Å². The lowest BCUT2D eigenvalue weighted by molar-refractivity contribution is 0.416. The summed E-state index contributed by atoms with van der Waals surface area (Å²) in [6.45, 7) is 0. The number of hydrogen-bond acceptors (Lipinski definition) is 6. The molecule has 0 aliphatic carbocycles. The number of ether oxygens (including phenoxy) is 1. The van der Waals surface area contributed by atoms with Gasteiger partial charge in [-0.1, -0.05) is 0 Å². The maximum atomic E-state index is 10.9. The van der Waals surface area contributed by atoms with Crippen LogP contribution in [0.15, 0.2) is 57.6 Å². The largest absolute Gasteiger partial charge is 0.494 e. The van der Waals surface area contributed by atoms with E-state index in [1.807, 2.05) is 0 Å². The van der Waals surface area contributed by atoms with Crippen LogP contribution in [0.3, 0.4) is 0 Å². The van der Waals surface area contributed by atoms with Gasteiger partial charge in [-0.15, -0.1) is 5.11 Å². The van der Waals surface area contributed by atoms with Gasteiger partial charge in [0.1, 0.15) is 11.4 Å². The molecular weight excluding hydrogens is 294 g/mol. The van der Waals surface area contributed by atoms with Crippen molar-refractivity contribution >= 4 is 27.2 Å². The minimum Gasteiger partial charge on any atom is -0.494 e. The highest BCUT2D eigenvalue weighted by atomic mass is 32.2. The third-order valence-corrected chi connectivity index (χ3v) is 3.48. The molecule has 21 heavy (non-hydrogen) atoms. The van der Waals surface area contributed by atoms with Crippen molar-refractivity contribution in [1.29, 1.82) is 0 Å². The summed E-state index contributed by atoms with van der Waals surface area (Å²) in [4.78, 5) is -0.202. The van der Waals surface area contributed by atoms with Crippen molar-refractivity contribution in [3.63, 3.8) is 0 Å². The van der Waals surface area contributed by atoms with Crippen molar-refractivity contribution < 1.29 is 17.7 Å². The van der Waals surface area contributed by atoms with Crippen LogP contribution in [-0.4, -0.2) is 20.1 Å². The van der Waals surface area contributed by atoms with Gasteiger partial charge in [0, 0.05) is 11.8 Å². The monoisotopic (exact) mass is 307 g/mol. The van der Waals surface area contributed by atoms with E-state index in [4.69, 9.17) is 15.0 Å². The smallest absolute Gasteiger partial charge is 0.294 e. The summed E-state index contributed by atoms with van der Waals surface area (Å²) in [6, 6.07) is 10.3. The predicted molar refractivity (Wildman–Crippen MR) is 77.8 cm³/mol. The Hall–Kier alpha value is -2.45. The van der Waals surface area contributed by atoms with Crippen molar-refractivity contribution in [2.45, 2.75) is 4.90 Å². The Balaban J connectivity index is 2.26. The van der Waals surface area contributed by atoms with Crippen molar-refractivity contribution in [3.05, 3.63) is 42.5 Å². The van der Waals surface area contributed by atoms with Gasteiger partial charge < -0.3 is 10.5 Å². The molecule has 2 rings (SSSR count). The highest BCUT2D eigenvalue weighted by molar-refractivity contribution is 7.85. The number of azo groups is 1. The molecule has 0 heterocycles. The van der Waals surface area contributed by atoms with Gasteiger partial charge in [-0.3, -0.25) is 4.55 Å². The molecular formula is C13H13N3O4S. The second-order valence-electron chi connectivity index (χ2n) is 4.10. The van der Waals surface area contributed by atoms with Gasteiger partial charge in [-0.2, -0.15) is 13.5 Å². The Kier molecular flexibility index (Phi) is 4.20. The van der Waals surface area contributed by atoms with E-state index in [1.54, 1.807) is 18.2 Å². The molecule has 0 radical (unpaired) electrons. The molecule has 0 saturated carbocycles. The van der Waals surface area contributed by atoms with Crippen molar-refractivity contribution in [1.82, 2.24) is 0 Å². The lowest BCUT2D eigenvalue weighted by Crippen LogP contribution is -1.96. The second kappa shape index (κ2) is 5.90. The number of nitrogen functional groups attached to an aromatic ring is 1. The first-order chi connectivity index (χ1) is 9.90. The number of nitrogens with zero attached hydrogens (tertiary/aromatic N) is 2. The Labute approximate surface area is 121 Å². The molecule has 0 fully saturated rings. The van der Waals surface area contributed by atoms with Crippen molar-refractivity contribution in [2.24, 2.45) is 10.2 Å². The molecule has 0 bridgehead atoms. The molecule has 2 aromatic rings. The molecule has 0 saturated heterocycles. The summed E-state index contributed by atoms with van der Waals surface area (Å²) < 4.78 is 35.8. The number of hydrogen-bond donors (Lipinski definition) is 2. The fourth-order valence-electron chi connectivity index (χ4n) is 1.57. The van der Waals surface area contributed by atoms with Crippen LogP contribution in [0.25, 0.3) is 0 Å². The predicted octanol–water partition coefficient (Wildman–Crippen LogP) is 2.94. The van der Waals surface area contributed by atoms with Crippen molar-refractivity contribution in [2.75, 3.05) is 12.8 Å². The summed E-state index contributed by atoms with van der Waals surface area (Å²) in [5.41, 5.74) is 7.10. The summed E-state index contributed by atoms with van der Waals surface area (Å²) in [5.74, 6) is 0.480. The molecule has 2 aromatic carbocycles. The summed E-state index contributed by atoms with van der Waals surface area (Å²) in [5, 5.41) is 7.98. The minimum atomic E-state index is -4.21. The molecule has 0 amide bonds. The first kappa shape index (κ1) is 14.9. The molecule has 0 atom stereocenters. The van der Waals surface area contributed by atoms with Gasteiger partial charge in [0.05, 0.1) is 17.7 Å². The molecule has 8 heteroatoms. The Morgan fingerprint density at radius 3 is 2.33 bits per heavy atom. The second-order valence-corrected chi connectivity index (χ2v) is 5.52. The van der Waals surface area contributed by atoms with Gasteiger partial charge in [-0.05, 0) is 36.4 Å². The molecule has 0 unspecified atom stereocenters. The average molecular weight is 307 g/mol. The molecule has 0 spiro atoms. The number of methoxy groups -OCH3 is 1. The van der Waals surface area contributed by atoms with Crippen LogP contribution in [0.1, 0.15) is 0 Å². The van der Waals surface area contributed by atoms with Gasteiger partial charge in [-0.25, -0.2) is 0 Å². The van der Waals surface area contributed by atoms with Crippen LogP contribution < -0.4 is 10.5 Å². The first-order valence-electron chi connectivity index (χ1n) is 5.83. The van der Waals surface area contributed by atoms with E-state index in [-0.39, 0.29) is 4.90 Å². The van der Waals surface area contributed by atoms with E-state index in [0.717, 1.165) is 0 Å². The molecule has 7 nitrogen and oxygen atoms in total. The molecule has 0 aromatic heterocycles. The highest BCUT2D eigenvalue weighted by Crippen LogP contribution is 2.30. The number of nitrogens with two attached hydrogens (primary N) is 1. The summed E-state index contributed by atoms with van der Waals surface area (Å²) >= 11 is 0. The summed E-state index contributed by atoms with van der Waals surface area (Å²) in [6.07, 6.45) is 0.